The first-order valence-corrected chi connectivity index (χ1v) is 6.19. The first-order chi connectivity index (χ1) is 8.26. The first-order valence-electron chi connectivity index (χ1n) is 6.19. The highest BCUT2D eigenvalue weighted by molar-refractivity contribution is 5.46. The summed E-state index contributed by atoms with van der Waals surface area (Å²) >= 11 is 0. The Morgan fingerprint density at radius 1 is 1.29 bits per heavy atom. The number of hydrogen-bond acceptors (Lipinski definition) is 3. The largest absolute Gasteiger partial charge is 0.493 e. The Hall–Kier alpha value is -1.22. The Morgan fingerprint density at radius 2 is 2.06 bits per heavy atom. The summed E-state index contributed by atoms with van der Waals surface area (Å²) in [6, 6.07) is 6.59. The van der Waals surface area contributed by atoms with Crippen molar-refractivity contribution in [3.05, 3.63) is 23.8 Å². The van der Waals surface area contributed by atoms with E-state index in [-0.39, 0.29) is 0 Å². The van der Waals surface area contributed by atoms with Crippen LogP contribution < -0.4 is 14.8 Å². The standard InChI is InChI=1S/C14H21NO2/c1-10(11-7-8-11)15-9-12-5-4-6-13(16-2)14(12)17-3/h4-6,10-11,15H,7-9H2,1-3H3. The van der Waals surface area contributed by atoms with Gasteiger partial charge in [0.05, 0.1) is 14.2 Å². The molecule has 0 amide bonds. The van der Waals surface area contributed by atoms with Crippen molar-refractivity contribution in [1.82, 2.24) is 5.32 Å². The van der Waals surface area contributed by atoms with Crippen molar-refractivity contribution < 1.29 is 9.47 Å². The molecule has 1 fully saturated rings. The lowest BCUT2D eigenvalue weighted by atomic mass is 10.1. The Balaban J connectivity index is 2.03. The van der Waals surface area contributed by atoms with Crippen molar-refractivity contribution in [2.45, 2.75) is 32.4 Å². The van der Waals surface area contributed by atoms with Gasteiger partial charge >= 0.3 is 0 Å². The molecule has 2 rings (SSSR count). The minimum atomic E-state index is 0.589. The number of methoxy groups -OCH3 is 2. The third-order valence-electron chi connectivity index (χ3n) is 3.43. The van der Waals surface area contributed by atoms with Crippen LogP contribution >= 0.6 is 0 Å². The van der Waals surface area contributed by atoms with Gasteiger partial charge in [0.15, 0.2) is 11.5 Å². The molecule has 0 radical (unpaired) electrons. The van der Waals surface area contributed by atoms with E-state index in [1.54, 1.807) is 14.2 Å². The van der Waals surface area contributed by atoms with Crippen LogP contribution in [0.5, 0.6) is 11.5 Å². The maximum absolute atomic E-state index is 5.41. The summed E-state index contributed by atoms with van der Waals surface area (Å²) in [6.07, 6.45) is 2.73. The number of nitrogens with one attached hydrogen (secondary N) is 1. The average Bonchev–Trinajstić information content (AvgIpc) is 3.19. The quantitative estimate of drug-likeness (QED) is 0.822. The van der Waals surface area contributed by atoms with Gasteiger partial charge in [0.2, 0.25) is 0 Å². The molecular formula is C14H21NO2. The first kappa shape index (κ1) is 12.2. The van der Waals surface area contributed by atoms with Crippen molar-refractivity contribution in [3.63, 3.8) is 0 Å². The number of para-hydroxylation sites is 1. The lowest BCUT2D eigenvalue weighted by Crippen LogP contribution is -2.27. The van der Waals surface area contributed by atoms with Gasteiger partial charge in [0, 0.05) is 18.2 Å². The van der Waals surface area contributed by atoms with E-state index < -0.39 is 0 Å². The molecule has 1 N–H and O–H groups in total. The zero-order chi connectivity index (χ0) is 12.3. The van der Waals surface area contributed by atoms with E-state index in [0.717, 1.165) is 29.5 Å². The lowest BCUT2D eigenvalue weighted by Gasteiger charge is -2.16. The van der Waals surface area contributed by atoms with Crippen molar-refractivity contribution in [2.75, 3.05) is 14.2 Å². The Labute approximate surface area is 103 Å². The topological polar surface area (TPSA) is 30.5 Å². The average molecular weight is 235 g/mol. The fraction of sp³-hybridized carbons (Fsp3) is 0.571. The highest BCUT2D eigenvalue weighted by Crippen LogP contribution is 2.34. The molecule has 3 nitrogen and oxygen atoms in total. The molecule has 17 heavy (non-hydrogen) atoms. The molecule has 1 saturated carbocycles. The van der Waals surface area contributed by atoms with E-state index in [1.165, 1.54) is 12.8 Å². The minimum Gasteiger partial charge on any atom is -0.493 e. The van der Waals surface area contributed by atoms with Crippen LogP contribution in [0.25, 0.3) is 0 Å². The van der Waals surface area contributed by atoms with Crippen LogP contribution in [0.4, 0.5) is 0 Å². The Bertz CT molecular complexity index is 374. The molecule has 1 aromatic carbocycles. The van der Waals surface area contributed by atoms with Crippen LogP contribution in [0, 0.1) is 5.92 Å². The maximum Gasteiger partial charge on any atom is 0.165 e. The molecule has 3 heteroatoms. The lowest BCUT2D eigenvalue weighted by molar-refractivity contribution is 0.349. The normalized spacial score (nSPS) is 16.6. The zero-order valence-corrected chi connectivity index (χ0v) is 10.8. The zero-order valence-electron chi connectivity index (χ0n) is 10.8. The summed E-state index contributed by atoms with van der Waals surface area (Å²) in [5, 5.41) is 3.55. The molecule has 0 aliphatic heterocycles. The van der Waals surface area contributed by atoms with E-state index in [4.69, 9.17) is 9.47 Å². The predicted molar refractivity (Wildman–Crippen MR) is 68.6 cm³/mol. The second-order valence-electron chi connectivity index (χ2n) is 4.66. The second kappa shape index (κ2) is 5.41. The van der Waals surface area contributed by atoms with Gasteiger partial charge in [0.25, 0.3) is 0 Å². The molecule has 94 valence electrons. The molecule has 0 aromatic heterocycles. The second-order valence-corrected chi connectivity index (χ2v) is 4.66. The Kier molecular flexibility index (Phi) is 3.89. The van der Waals surface area contributed by atoms with E-state index in [0.29, 0.717) is 6.04 Å². The van der Waals surface area contributed by atoms with E-state index >= 15 is 0 Å². The van der Waals surface area contributed by atoms with Crippen LogP contribution in [-0.2, 0) is 6.54 Å². The number of benzene rings is 1. The molecule has 1 aliphatic rings. The highest BCUT2D eigenvalue weighted by atomic mass is 16.5. The van der Waals surface area contributed by atoms with E-state index in [9.17, 15) is 0 Å². The van der Waals surface area contributed by atoms with Gasteiger partial charge < -0.3 is 14.8 Å². The van der Waals surface area contributed by atoms with Gasteiger partial charge in [-0.05, 0) is 31.7 Å². The molecule has 1 aromatic rings. The summed E-state index contributed by atoms with van der Waals surface area (Å²) in [5.74, 6) is 2.50. The molecule has 1 atom stereocenters. The smallest absolute Gasteiger partial charge is 0.165 e. The van der Waals surface area contributed by atoms with Crippen molar-refractivity contribution >= 4 is 0 Å². The number of ether oxygens (including phenoxy) is 2. The summed E-state index contributed by atoms with van der Waals surface area (Å²) < 4.78 is 10.7. The maximum atomic E-state index is 5.41. The molecule has 0 bridgehead atoms. The minimum absolute atomic E-state index is 0.589. The third kappa shape index (κ3) is 2.91. The highest BCUT2D eigenvalue weighted by Gasteiger charge is 2.27. The monoisotopic (exact) mass is 235 g/mol. The van der Waals surface area contributed by atoms with E-state index in [2.05, 4.69) is 18.3 Å². The predicted octanol–water partition coefficient (Wildman–Crippen LogP) is 2.59. The molecule has 1 aliphatic carbocycles. The number of hydrogen-bond donors (Lipinski definition) is 1. The van der Waals surface area contributed by atoms with Gasteiger partial charge in [-0.1, -0.05) is 12.1 Å². The molecular weight excluding hydrogens is 214 g/mol. The molecule has 0 heterocycles. The van der Waals surface area contributed by atoms with Crippen LogP contribution in [0.15, 0.2) is 18.2 Å². The number of rotatable bonds is 6. The SMILES string of the molecule is COc1cccc(CNC(C)C2CC2)c1OC. The summed E-state index contributed by atoms with van der Waals surface area (Å²) in [5.41, 5.74) is 1.15. The molecule has 0 spiro atoms. The van der Waals surface area contributed by atoms with Gasteiger partial charge in [-0.2, -0.15) is 0 Å². The van der Waals surface area contributed by atoms with Gasteiger partial charge in [-0.15, -0.1) is 0 Å². The van der Waals surface area contributed by atoms with Crippen LogP contribution in [0.2, 0.25) is 0 Å². The fourth-order valence-electron chi connectivity index (χ4n) is 2.13. The van der Waals surface area contributed by atoms with Gasteiger partial charge in [-0.25, -0.2) is 0 Å². The van der Waals surface area contributed by atoms with Crippen LogP contribution in [0.3, 0.4) is 0 Å². The summed E-state index contributed by atoms with van der Waals surface area (Å²) in [6.45, 7) is 3.09. The van der Waals surface area contributed by atoms with Crippen molar-refractivity contribution in [2.24, 2.45) is 5.92 Å². The molecule has 1 unspecified atom stereocenters. The Morgan fingerprint density at radius 3 is 2.65 bits per heavy atom. The summed E-state index contributed by atoms with van der Waals surface area (Å²) in [7, 11) is 3.35. The van der Waals surface area contributed by atoms with Gasteiger partial charge in [-0.3, -0.25) is 0 Å². The van der Waals surface area contributed by atoms with Crippen LogP contribution in [0.1, 0.15) is 25.3 Å². The van der Waals surface area contributed by atoms with Crippen LogP contribution in [-0.4, -0.2) is 20.3 Å². The third-order valence-corrected chi connectivity index (χ3v) is 3.43. The fourth-order valence-corrected chi connectivity index (χ4v) is 2.13. The van der Waals surface area contributed by atoms with Gasteiger partial charge in [0.1, 0.15) is 0 Å². The van der Waals surface area contributed by atoms with Crippen molar-refractivity contribution in [1.29, 1.82) is 0 Å². The summed E-state index contributed by atoms with van der Waals surface area (Å²) in [4.78, 5) is 0. The molecule has 0 saturated heterocycles. The van der Waals surface area contributed by atoms with Crippen molar-refractivity contribution in [3.8, 4) is 11.5 Å². The van der Waals surface area contributed by atoms with E-state index in [1.807, 2.05) is 12.1 Å².